The van der Waals surface area contributed by atoms with Gasteiger partial charge in [-0.3, -0.25) is 9.59 Å². The standard InChI is InChI=1S/C22H22N2O7S/c1-5-29-21(27)24(14-10-8-7-9-11-14)19(26)16-17(31-22(28)30-6-2)15-13(3)12-32-20(15)23(4)18(16)25/h7-12H,5-6H2,1-4H3. The normalized spacial score (nSPS) is 10.6. The van der Waals surface area contributed by atoms with Gasteiger partial charge in [0.15, 0.2) is 5.75 Å². The number of imide groups is 1. The number of hydrogen-bond donors (Lipinski definition) is 0. The fourth-order valence-electron chi connectivity index (χ4n) is 3.14. The number of amides is 2. The quantitative estimate of drug-likeness (QED) is 0.527. The van der Waals surface area contributed by atoms with E-state index in [9.17, 15) is 19.2 Å². The Morgan fingerprint density at radius 3 is 2.34 bits per heavy atom. The topological polar surface area (TPSA) is 104 Å². The summed E-state index contributed by atoms with van der Waals surface area (Å²) in [5.41, 5.74) is -0.320. The number of carbonyl (C=O) groups excluding carboxylic acids is 3. The lowest BCUT2D eigenvalue weighted by Gasteiger charge is -2.21. The third-order valence-corrected chi connectivity index (χ3v) is 5.73. The van der Waals surface area contributed by atoms with E-state index in [-0.39, 0.29) is 24.7 Å². The first-order valence-corrected chi connectivity index (χ1v) is 10.7. The Labute approximate surface area is 187 Å². The maximum Gasteiger partial charge on any atom is 0.513 e. The summed E-state index contributed by atoms with van der Waals surface area (Å²) in [5.74, 6) is -1.24. The highest BCUT2D eigenvalue weighted by atomic mass is 32.1. The van der Waals surface area contributed by atoms with Gasteiger partial charge in [-0.2, -0.15) is 0 Å². The third kappa shape index (κ3) is 4.22. The minimum absolute atomic E-state index is 0.0162. The Morgan fingerprint density at radius 1 is 1.06 bits per heavy atom. The second-order valence-corrected chi connectivity index (χ2v) is 7.49. The van der Waals surface area contributed by atoms with Crippen molar-refractivity contribution in [2.75, 3.05) is 18.1 Å². The Kier molecular flexibility index (Phi) is 6.94. The van der Waals surface area contributed by atoms with Gasteiger partial charge in [-0.25, -0.2) is 14.5 Å². The van der Waals surface area contributed by atoms with Crippen LogP contribution in [0.2, 0.25) is 0 Å². The summed E-state index contributed by atoms with van der Waals surface area (Å²) >= 11 is 1.26. The molecule has 0 aliphatic heterocycles. The predicted molar refractivity (Wildman–Crippen MR) is 120 cm³/mol. The van der Waals surface area contributed by atoms with Crippen molar-refractivity contribution >= 4 is 45.4 Å². The molecular weight excluding hydrogens is 436 g/mol. The number of carbonyl (C=O) groups is 3. The molecular formula is C22H22N2O7S. The van der Waals surface area contributed by atoms with Crippen LogP contribution in [0.5, 0.6) is 5.75 Å². The summed E-state index contributed by atoms with van der Waals surface area (Å²) in [6.07, 6.45) is -2.03. The SMILES string of the molecule is CCOC(=O)Oc1c(C(=O)N(C(=O)OCC)c2ccccc2)c(=O)n(C)c2scc(C)c12. The van der Waals surface area contributed by atoms with Gasteiger partial charge in [0.1, 0.15) is 10.4 Å². The van der Waals surface area contributed by atoms with Gasteiger partial charge in [-0.15, -0.1) is 11.3 Å². The Balaban J connectivity index is 2.29. The van der Waals surface area contributed by atoms with Crippen LogP contribution in [-0.2, 0) is 16.5 Å². The molecule has 0 bridgehead atoms. The van der Waals surface area contributed by atoms with Gasteiger partial charge in [-0.1, -0.05) is 18.2 Å². The average molecular weight is 458 g/mol. The lowest BCUT2D eigenvalue weighted by molar-refractivity contribution is 0.0952. The van der Waals surface area contributed by atoms with Crippen molar-refractivity contribution in [3.63, 3.8) is 0 Å². The molecule has 0 aliphatic rings. The maximum atomic E-state index is 13.7. The number of aryl methyl sites for hydroxylation is 2. The lowest BCUT2D eigenvalue weighted by Crippen LogP contribution is -2.41. The fraction of sp³-hybridized carbons (Fsp3) is 0.273. The predicted octanol–water partition coefficient (Wildman–Crippen LogP) is 4.25. The van der Waals surface area contributed by atoms with Crippen LogP contribution in [0.25, 0.3) is 10.2 Å². The average Bonchev–Trinajstić information content (AvgIpc) is 3.15. The maximum absolute atomic E-state index is 13.7. The van der Waals surface area contributed by atoms with Crippen molar-refractivity contribution in [1.82, 2.24) is 4.57 Å². The number of rotatable bonds is 5. The summed E-state index contributed by atoms with van der Waals surface area (Å²) in [4.78, 5) is 53.0. The van der Waals surface area contributed by atoms with Crippen molar-refractivity contribution in [3.05, 3.63) is 57.2 Å². The van der Waals surface area contributed by atoms with Gasteiger partial charge >= 0.3 is 12.2 Å². The highest BCUT2D eigenvalue weighted by Crippen LogP contribution is 2.35. The monoisotopic (exact) mass is 458 g/mol. The van der Waals surface area contributed by atoms with Crippen molar-refractivity contribution in [1.29, 1.82) is 0 Å². The molecule has 0 radical (unpaired) electrons. The Bertz CT molecular complexity index is 1230. The smallest absolute Gasteiger partial charge is 0.449 e. The van der Waals surface area contributed by atoms with Gasteiger partial charge in [-0.05, 0) is 43.8 Å². The minimum atomic E-state index is -1.07. The molecule has 3 rings (SSSR count). The summed E-state index contributed by atoms with van der Waals surface area (Å²) in [7, 11) is 1.50. The summed E-state index contributed by atoms with van der Waals surface area (Å²) in [5, 5.41) is 2.18. The van der Waals surface area contributed by atoms with E-state index < -0.39 is 29.3 Å². The summed E-state index contributed by atoms with van der Waals surface area (Å²) in [6.45, 7) is 5.01. The first-order chi connectivity index (χ1) is 15.3. The van der Waals surface area contributed by atoms with E-state index in [1.807, 2.05) is 0 Å². The largest absolute Gasteiger partial charge is 0.513 e. The molecule has 0 N–H and O–H groups in total. The number of para-hydroxylation sites is 1. The van der Waals surface area contributed by atoms with Crippen molar-refractivity contribution in [3.8, 4) is 5.75 Å². The Hall–Kier alpha value is -3.66. The van der Waals surface area contributed by atoms with E-state index >= 15 is 0 Å². The highest BCUT2D eigenvalue weighted by molar-refractivity contribution is 7.17. The van der Waals surface area contributed by atoms with Crippen molar-refractivity contribution in [2.24, 2.45) is 7.05 Å². The van der Waals surface area contributed by atoms with Gasteiger partial charge < -0.3 is 18.8 Å². The van der Waals surface area contributed by atoms with Gasteiger partial charge in [0.25, 0.3) is 11.5 Å². The number of fused-ring (bicyclic) bond motifs is 1. The van der Waals surface area contributed by atoms with Crippen LogP contribution in [0.15, 0.2) is 40.5 Å². The van der Waals surface area contributed by atoms with Gasteiger partial charge in [0.05, 0.1) is 24.3 Å². The molecule has 0 fully saturated rings. The molecule has 3 aromatic rings. The molecule has 0 saturated heterocycles. The van der Waals surface area contributed by atoms with Crippen LogP contribution in [0.1, 0.15) is 29.8 Å². The van der Waals surface area contributed by atoms with Crippen LogP contribution in [0, 0.1) is 6.92 Å². The van der Waals surface area contributed by atoms with E-state index in [0.717, 1.165) is 4.90 Å². The zero-order chi connectivity index (χ0) is 23.4. The molecule has 168 valence electrons. The molecule has 0 saturated carbocycles. The number of aromatic nitrogens is 1. The minimum Gasteiger partial charge on any atom is -0.449 e. The van der Waals surface area contributed by atoms with E-state index in [1.54, 1.807) is 44.4 Å². The van der Waals surface area contributed by atoms with Crippen LogP contribution >= 0.6 is 11.3 Å². The molecule has 0 unspecified atom stereocenters. The number of benzene rings is 1. The van der Waals surface area contributed by atoms with E-state index in [0.29, 0.717) is 15.8 Å². The molecule has 0 atom stereocenters. The number of hydrogen-bond acceptors (Lipinski definition) is 8. The van der Waals surface area contributed by atoms with Crippen LogP contribution < -0.4 is 15.2 Å². The van der Waals surface area contributed by atoms with E-state index in [1.165, 1.54) is 35.1 Å². The first-order valence-electron chi connectivity index (χ1n) is 9.83. The number of nitrogens with zero attached hydrogens (tertiary/aromatic N) is 2. The molecule has 1 aromatic carbocycles. The third-order valence-electron chi connectivity index (χ3n) is 4.56. The number of ether oxygens (including phenoxy) is 3. The molecule has 32 heavy (non-hydrogen) atoms. The fourth-order valence-corrected chi connectivity index (χ4v) is 4.16. The number of thiophene rings is 1. The number of anilines is 1. The van der Waals surface area contributed by atoms with Crippen molar-refractivity contribution < 1.29 is 28.6 Å². The zero-order valence-corrected chi connectivity index (χ0v) is 18.9. The van der Waals surface area contributed by atoms with Crippen LogP contribution in [0.3, 0.4) is 0 Å². The zero-order valence-electron chi connectivity index (χ0n) is 18.0. The van der Waals surface area contributed by atoms with Crippen LogP contribution in [-0.4, -0.2) is 35.9 Å². The molecule has 0 spiro atoms. The second-order valence-electron chi connectivity index (χ2n) is 6.63. The van der Waals surface area contributed by atoms with E-state index in [2.05, 4.69) is 0 Å². The first kappa shape index (κ1) is 23.0. The molecule has 2 amide bonds. The van der Waals surface area contributed by atoms with Crippen LogP contribution in [0.4, 0.5) is 15.3 Å². The van der Waals surface area contributed by atoms with Crippen molar-refractivity contribution in [2.45, 2.75) is 20.8 Å². The van der Waals surface area contributed by atoms with Gasteiger partial charge in [0.2, 0.25) is 0 Å². The molecule has 9 nitrogen and oxygen atoms in total. The molecule has 2 heterocycles. The molecule has 10 heteroatoms. The Morgan fingerprint density at radius 2 is 1.72 bits per heavy atom. The lowest BCUT2D eigenvalue weighted by atomic mass is 10.1. The number of pyridine rings is 1. The molecule has 0 aliphatic carbocycles. The second kappa shape index (κ2) is 9.65. The summed E-state index contributed by atoms with van der Waals surface area (Å²) < 4.78 is 16.6. The van der Waals surface area contributed by atoms with E-state index in [4.69, 9.17) is 14.2 Å². The molecule has 2 aromatic heterocycles. The summed E-state index contributed by atoms with van der Waals surface area (Å²) in [6, 6.07) is 8.04. The van der Waals surface area contributed by atoms with Gasteiger partial charge in [0, 0.05) is 7.05 Å². The highest BCUT2D eigenvalue weighted by Gasteiger charge is 2.34.